The first-order valence-corrected chi connectivity index (χ1v) is 25.1. The average Bonchev–Trinajstić information content (AvgIpc) is 4.03. The van der Waals surface area contributed by atoms with Gasteiger partial charge in [-0.25, -0.2) is 0 Å². The fourth-order valence-electron chi connectivity index (χ4n) is 13.3. The van der Waals surface area contributed by atoms with Crippen molar-refractivity contribution in [2.45, 2.75) is 56.8 Å². The van der Waals surface area contributed by atoms with Crippen molar-refractivity contribution in [1.82, 2.24) is 0 Å². The Morgan fingerprint density at radius 2 is 1.19 bits per heavy atom. The molecule has 0 unspecified atom stereocenters. The van der Waals surface area contributed by atoms with Gasteiger partial charge in [-0.05, 0) is 128 Å². The first-order valence-electron chi connectivity index (χ1n) is 24.3. The molecule has 2 aliphatic carbocycles. The van der Waals surface area contributed by atoms with Crippen molar-refractivity contribution in [3.8, 4) is 22.3 Å². The van der Waals surface area contributed by atoms with Crippen LogP contribution in [-0.4, -0.2) is 7.28 Å². The minimum atomic E-state index is -0.469. The van der Waals surface area contributed by atoms with Crippen molar-refractivity contribution in [3.63, 3.8) is 0 Å². The van der Waals surface area contributed by atoms with Crippen LogP contribution in [0.3, 0.4) is 0 Å². The van der Waals surface area contributed by atoms with Gasteiger partial charge in [-0.2, -0.15) is 0 Å². The lowest BCUT2D eigenvalue weighted by Gasteiger charge is -2.48. The largest absolute Gasteiger partial charge is 0.456 e. The monoisotopic (exact) mass is 890 g/mol. The average molecular weight is 891 g/mol. The van der Waals surface area contributed by atoms with E-state index >= 15 is 0 Å². The third-order valence-corrected chi connectivity index (χ3v) is 17.7. The van der Waals surface area contributed by atoms with Gasteiger partial charge in [0.05, 0.1) is 32.6 Å². The van der Waals surface area contributed by atoms with Crippen LogP contribution in [0, 0.1) is 0 Å². The summed E-state index contributed by atoms with van der Waals surface area (Å²) < 4.78 is 9.32. The van der Waals surface area contributed by atoms with Crippen molar-refractivity contribution in [1.29, 1.82) is 0 Å². The van der Waals surface area contributed by atoms with E-state index in [9.17, 15) is 0 Å². The number of hydrogen-bond donors (Lipinski definition) is 1. The third-order valence-electron chi connectivity index (χ3n) is 16.5. The number of para-hydroxylation sites is 3. The Balaban J connectivity index is 1.04. The van der Waals surface area contributed by atoms with Crippen molar-refractivity contribution in [2.75, 3.05) is 10.2 Å². The molecule has 11 aromatic rings. The molecule has 1 spiro atoms. The van der Waals surface area contributed by atoms with Gasteiger partial charge in [0.2, 0.25) is 0 Å². The second-order valence-electron chi connectivity index (χ2n) is 21.0. The Bertz CT molecular complexity index is 3970. The zero-order valence-corrected chi connectivity index (χ0v) is 39.4. The summed E-state index contributed by atoms with van der Waals surface area (Å²) in [5.41, 5.74) is 23.6. The number of anilines is 5. The summed E-state index contributed by atoms with van der Waals surface area (Å²) in [6.07, 6.45) is 2.34. The molecule has 2 aromatic heterocycles. The summed E-state index contributed by atoms with van der Waals surface area (Å²) in [4.78, 5) is 2.68. The summed E-state index contributed by atoms with van der Waals surface area (Å²) in [6.45, 7) is 9.65. The maximum Gasteiger partial charge on any atom is 0.198 e. The van der Waals surface area contributed by atoms with E-state index in [4.69, 9.17) is 4.42 Å². The molecule has 0 bridgehead atoms. The Morgan fingerprint density at radius 3 is 2.00 bits per heavy atom. The first-order chi connectivity index (χ1) is 33.2. The quantitative estimate of drug-likeness (QED) is 0.179. The highest BCUT2D eigenvalue weighted by Crippen LogP contribution is 2.64. The molecule has 0 fully saturated rings. The molecule has 4 heterocycles. The van der Waals surface area contributed by atoms with E-state index in [1.54, 1.807) is 0 Å². The second kappa shape index (κ2) is 13.4. The molecule has 0 amide bonds. The van der Waals surface area contributed by atoms with Crippen LogP contribution in [-0.2, 0) is 16.2 Å². The highest BCUT2D eigenvalue weighted by Gasteiger charge is 2.53. The molecule has 0 saturated heterocycles. The summed E-state index contributed by atoms with van der Waals surface area (Å²) >= 11 is 1.93. The highest BCUT2D eigenvalue weighted by molar-refractivity contribution is 7.26. The predicted molar refractivity (Wildman–Crippen MR) is 289 cm³/mol. The van der Waals surface area contributed by atoms with Gasteiger partial charge >= 0.3 is 0 Å². The lowest BCUT2D eigenvalue weighted by molar-refractivity contribution is 0.332. The molecular weight excluding hydrogens is 844 g/mol. The van der Waals surface area contributed by atoms with Crippen molar-refractivity contribution in [3.05, 3.63) is 209 Å². The van der Waals surface area contributed by atoms with Crippen molar-refractivity contribution in [2.24, 2.45) is 0 Å². The van der Waals surface area contributed by atoms with Gasteiger partial charge in [0.15, 0.2) is 7.28 Å². The van der Waals surface area contributed by atoms with Crippen LogP contribution in [0.2, 0.25) is 0 Å². The lowest BCUT2D eigenvalue weighted by atomic mass is 9.54. The van der Waals surface area contributed by atoms with E-state index in [0.29, 0.717) is 0 Å². The third kappa shape index (κ3) is 4.94. The van der Waals surface area contributed by atoms with Crippen LogP contribution >= 0.6 is 11.3 Å². The highest BCUT2D eigenvalue weighted by atomic mass is 32.1. The summed E-state index contributed by atoms with van der Waals surface area (Å²) in [7, 11) is 0.793. The van der Waals surface area contributed by atoms with E-state index in [0.717, 1.165) is 47.0 Å². The minimum absolute atomic E-state index is 0.0715. The number of thiophene rings is 1. The number of nitrogens with zero attached hydrogens (tertiary/aromatic N) is 1. The number of benzene rings is 9. The van der Waals surface area contributed by atoms with Crippen LogP contribution in [0.15, 0.2) is 180 Å². The number of hydrogen-bond acceptors (Lipinski definition) is 4. The maximum absolute atomic E-state index is 6.69. The van der Waals surface area contributed by atoms with Gasteiger partial charge in [-0.3, -0.25) is 0 Å². The summed E-state index contributed by atoms with van der Waals surface area (Å²) in [5, 5.41) is 8.96. The van der Waals surface area contributed by atoms with Crippen LogP contribution in [0.4, 0.5) is 28.4 Å². The van der Waals surface area contributed by atoms with Gasteiger partial charge in [0, 0.05) is 37.8 Å². The Morgan fingerprint density at radius 1 is 0.515 bits per heavy atom. The Labute approximate surface area is 400 Å². The van der Waals surface area contributed by atoms with Gasteiger partial charge in [-0.15, -0.1) is 11.3 Å². The van der Waals surface area contributed by atoms with Crippen LogP contribution in [0.25, 0.3) is 64.4 Å². The normalized spacial score (nSPS) is 16.3. The number of fused-ring (bicyclic) bond motifs is 19. The molecule has 68 heavy (non-hydrogen) atoms. The van der Waals surface area contributed by atoms with E-state index in [1.165, 1.54) is 110 Å². The fraction of sp³-hybridized carbons (Fsp3) is 0.143. The Hall–Kier alpha value is -7.34. The molecule has 15 rings (SSSR count). The van der Waals surface area contributed by atoms with Crippen LogP contribution in [0.5, 0.6) is 0 Å². The molecule has 0 atom stereocenters. The summed E-state index contributed by atoms with van der Waals surface area (Å²) in [5.74, 6) is 0. The van der Waals surface area contributed by atoms with E-state index < -0.39 is 5.41 Å². The maximum atomic E-state index is 6.69. The Kier molecular flexibility index (Phi) is 7.65. The van der Waals surface area contributed by atoms with Crippen LogP contribution in [0.1, 0.15) is 73.9 Å². The molecule has 0 radical (unpaired) electrons. The predicted octanol–water partition coefficient (Wildman–Crippen LogP) is 15.6. The van der Waals surface area contributed by atoms with Crippen molar-refractivity contribution >= 4 is 100 Å². The second-order valence-corrected chi connectivity index (χ2v) is 22.1. The minimum Gasteiger partial charge on any atom is -0.456 e. The molecule has 2 aliphatic heterocycles. The SMILES string of the molecule is CC1(C)CCC(C)(C)c2cc(Nc3c(-c4cc5c(sc6ccccc65)c5c4Bc4cccc6c4N5c4ccccc4C64c5ccccc5-c5ccccc54)ccc4oc5ccccc5c34)ccc21. The first kappa shape index (κ1) is 38.7. The molecular formula is C63H47BN2OS. The number of nitrogens with one attached hydrogen (secondary N) is 1. The lowest BCUT2D eigenvalue weighted by Crippen LogP contribution is -2.47. The standard InChI is InChI=1S/C63H47BN2OS/c1-61(2)32-33-62(3,4)49-34-36(28-30-46(49)61)65-57-40(29-31-53-55(57)41-19-7-13-26-52(41)67-53)42-35-43-39-18-8-14-27-54(39)68-60(43)59-56(42)64-50-24-15-23-48-58(50)66(59)51-25-12-11-22-47(51)63(48)44-20-9-5-16-37(44)38-17-6-10-21-45(38)63/h5-31,34-35,64-65H,32-33H2,1-4H3. The van der Waals surface area contributed by atoms with Gasteiger partial charge in [0.1, 0.15) is 11.2 Å². The molecule has 0 saturated carbocycles. The molecule has 1 N–H and O–H groups in total. The van der Waals surface area contributed by atoms with Gasteiger partial charge in [0.25, 0.3) is 0 Å². The topological polar surface area (TPSA) is 28.4 Å². The molecule has 3 nitrogen and oxygen atoms in total. The zero-order chi connectivity index (χ0) is 45.3. The molecule has 324 valence electrons. The summed E-state index contributed by atoms with van der Waals surface area (Å²) in [6, 6.07) is 66.5. The smallest absolute Gasteiger partial charge is 0.198 e. The molecule has 4 aliphatic rings. The van der Waals surface area contributed by atoms with E-state index in [1.807, 2.05) is 11.3 Å². The number of rotatable bonds is 3. The van der Waals surface area contributed by atoms with E-state index in [-0.39, 0.29) is 10.8 Å². The molecule has 5 heteroatoms. The van der Waals surface area contributed by atoms with Crippen LogP contribution < -0.4 is 21.1 Å². The van der Waals surface area contributed by atoms with Gasteiger partial charge in [-0.1, -0.05) is 161 Å². The zero-order valence-electron chi connectivity index (χ0n) is 38.6. The molecule has 9 aromatic carbocycles. The fourth-order valence-corrected chi connectivity index (χ4v) is 14.6. The van der Waals surface area contributed by atoms with Gasteiger partial charge < -0.3 is 14.6 Å². The number of furan rings is 1. The van der Waals surface area contributed by atoms with Crippen molar-refractivity contribution < 1.29 is 4.42 Å². The van der Waals surface area contributed by atoms with E-state index in [2.05, 4.69) is 214 Å².